The van der Waals surface area contributed by atoms with E-state index < -0.39 is 6.10 Å². The highest BCUT2D eigenvalue weighted by molar-refractivity contribution is 5.69. The lowest BCUT2D eigenvalue weighted by Crippen LogP contribution is -2.08. The molecule has 0 bridgehead atoms. The number of aliphatic hydroxyl groups is 1. The Balaban J connectivity index is 2.04. The molecule has 1 aromatic carbocycles. The van der Waals surface area contributed by atoms with Crippen LogP contribution in [0.25, 0.3) is 5.69 Å². The highest BCUT2D eigenvalue weighted by Crippen LogP contribution is 2.23. The van der Waals surface area contributed by atoms with Gasteiger partial charge in [0.15, 0.2) is 0 Å². The topological polar surface area (TPSA) is 64.4 Å². The van der Waals surface area contributed by atoms with Crippen LogP contribution in [0.1, 0.15) is 50.3 Å². The van der Waals surface area contributed by atoms with Crippen LogP contribution < -0.4 is 0 Å². The molecule has 23 heavy (non-hydrogen) atoms. The van der Waals surface area contributed by atoms with Crippen molar-refractivity contribution in [2.45, 2.75) is 45.6 Å². The first-order valence-electron chi connectivity index (χ1n) is 8.08. The molecule has 1 aromatic heterocycles. The molecule has 2 rings (SSSR count). The molecule has 5 heteroatoms. The van der Waals surface area contributed by atoms with Gasteiger partial charge in [-0.25, -0.2) is 4.68 Å². The van der Waals surface area contributed by atoms with Crippen LogP contribution in [0.15, 0.2) is 36.7 Å². The van der Waals surface area contributed by atoms with E-state index in [9.17, 15) is 9.90 Å². The fraction of sp³-hybridized carbons (Fsp3) is 0.444. The van der Waals surface area contributed by atoms with E-state index in [1.807, 2.05) is 30.5 Å². The number of carbonyl (C=O) groups excluding carboxylic acids is 1. The Kier molecular flexibility index (Phi) is 6.35. The van der Waals surface area contributed by atoms with Gasteiger partial charge in [-0.1, -0.05) is 25.5 Å². The zero-order valence-corrected chi connectivity index (χ0v) is 13.7. The van der Waals surface area contributed by atoms with E-state index >= 15 is 0 Å². The molecule has 0 fully saturated rings. The monoisotopic (exact) mass is 316 g/mol. The van der Waals surface area contributed by atoms with Crippen LogP contribution >= 0.6 is 0 Å². The Labute approximate surface area is 136 Å². The first-order chi connectivity index (χ1) is 11.1. The molecule has 0 radical (unpaired) electrons. The maximum absolute atomic E-state index is 11.7. The van der Waals surface area contributed by atoms with Gasteiger partial charge in [0, 0.05) is 24.4 Å². The Morgan fingerprint density at radius 3 is 2.91 bits per heavy atom. The molecule has 1 N–H and O–H groups in total. The summed E-state index contributed by atoms with van der Waals surface area (Å²) in [5, 5.41) is 14.2. The van der Waals surface area contributed by atoms with Crippen LogP contribution in [0, 0.1) is 0 Å². The summed E-state index contributed by atoms with van der Waals surface area (Å²) in [5.74, 6) is -0.173. The van der Waals surface area contributed by atoms with Gasteiger partial charge in [-0.15, -0.1) is 0 Å². The van der Waals surface area contributed by atoms with E-state index in [2.05, 4.69) is 12.0 Å². The maximum Gasteiger partial charge on any atom is 0.306 e. The number of hydrogen-bond donors (Lipinski definition) is 1. The molecule has 0 spiro atoms. The predicted octanol–water partition coefficient (Wildman–Crippen LogP) is 3.20. The van der Waals surface area contributed by atoms with Crippen molar-refractivity contribution in [3.8, 4) is 5.69 Å². The summed E-state index contributed by atoms with van der Waals surface area (Å²) in [4.78, 5) is 11.7. The van der Waals surface area contributed by atoms with Crippen molar-refractivity contribution in [3.05, 3.63) is 47.8 Å². The Bertz CT molecular complexity index is 621. The number of aliphatic hydroxyl groups excluding tert-OH is 1. The number of aromatic nitrogens is 2. The third-order valence-electron chi connectivity index (χ3n) is 3.67. The lowest BCUT2D eigenvalue weighted by atomic mass is 10.0. The molecule has 1 atom stereocenters. The van der Waals surface area contributed by atoms with Crippen molar-refractivity contribution in [3.63, 3.8) is 0 Å². The maximum atomic E-state index is 11.7. The molecule has 124 valence electrons. The second-order valence-electron chi connectivity index (χ2n) is 5.59. The minimum absolute atomic E-state index is 0.173. The van der Waals surface area contributed by atoms with Crippen LogP contribution in [-0.4, -0.2) is 27.5 Å². The van der Waals surface area contributed by atoms with Gasteiger partial charge in [-0.3, -0.25) is 4.79 Å². The Hall–Kier alpha value is -2.14. The molecular formula is C18H24N2O3. The predicted molar refractivity (Wildman–Crippen MR) is 88.4 cm³/mol. The number of unbranched alkanes of at least 4 members (excludes halogenated alkanes) is 1. The van der Waals surface area contributed by atoms with Crippen LogP contribution in [-0.2, 0) is 16.0 Å². The molecule has 0 amide bonds. The number of hydrogen-bond acceptors (Lipinski definition) is 4. The first kappa shape index (κ1) is 17.2. The number of aryl methyl sites for hydroxylation is 1. The van der Waals surface area contributed by atoms with Crippen molar-refractivity contribution >= 4 is 5.97 Å². The molecule has 1 unspecified atom stereocenters. The van der Waals surface area contributed by atoms with E-state index in [4.69, 9.17) is 4.74 Å². The van der Waals surface area contributed by atoms with E-state index in [0.29, 0.717) is 19.4 Å². The summed E-state index contributed by atoms with van der Waals surface area (Å²) in [6.07, 6.45) is 5.80. The number of carbonyl (C=O) groups is 1. The van der Waals surface area contributed by atoms with Gasteiger partial charge in [0.25, 0.3) is 0 Å². The summed E-state index contributed by atoms with van der Waals surface area (Å²) in [6.45, 7) is 4.28. The minimum atomic E-state index is -0.606. The normalized spacial score (nSPS) is 12.1. The Morgan fingerprint density at radius 1 is 1.43 bits per heavy atom. The van der Waals surface area contributed by atoms with E-state index in [1.54, 1.807) is 17.8 Å². The zero-order chi connectivity index (χ0) is 16.7. The average Bonchev–Trinajstić information content (AvgIpc) is 3.07. The van der Waals surface area contributed by atoms with E-state index in [1.165, 1.54) is 0 Å². The lowest BCUT2D eigenvalue weighted by Gasteiger charge is -2.14. The van der Waals surface area contributed by atoms with Gasteiger partial charge in [-0.05, 0) is 37.5 Å². The number of esters is 1. The molecule has 0 aliphatic rings. The van der Waals surface area contributed by atoms with Crippen molar-refractivity contribution in [2.75, 3.05) is 6.61 Å². The van der Waals surface area contributed by atoms with E-state index in [0.717, 1.165) is 29.7 Å². The smallest absolute Gasteiger partial charge is 0.306 e. The summed E-state index contributed by atoms with van der Waals surface area (Å²) < 4.78 is 6.89. The molecule has 1 heterocycles. The fourth-order valence-corrected chi connectivity index (χ4v) is 2.36. The van der Waals surface area contributed by atoms with Gasteiger partial charge in [0.2, 0.25) is 0 Å². The highest BCUT2D eigenvalue weighted by atomic mass is 16.5. The van der Waals surface area contributed by atoms with Crippen molar-refractivity contribution in [1.82, 2.24) is 9.78 Å². The van der Waals surface area contributed by atoms with Gasteiger partial charge in [-0.2, -0.15) is 5.10 Å². The summed E-state index contributed by atoms with van der Waals surface area (Å²) in [7, 11) is 0. The molecule has 5 nitrogen and oxygen atoms in total. The number of rotatable bonds is 8. The summed E-state index contributed by atoms with van der Waals surface area (Å²) >= 11 is 0. The number of benzene rings is 1. The van der Waals surface area contributed by atoms with Gasteiger partial charge in [0.1, 0.15) is 0 Å². The standard InChI is InChI=1S/C18H24N2O3/c1-3-4-12-23-18(22)9-7-15-6-8-17(16(13-15)14(2)21)20-11-5-10-19-20/h5-6,8,10-11,13-14,21H,3-4,7,9,12H2,1-2H3. The molecular weight excluding hydrogens is 292 g/mol. The van der Waals surface area contributed by atoms with Crippen molar-refractivity contribution < 1.29 is 14.6 Å². The third kappa shape index (κ3) is 4.93. The Morgan fingerprint density at radius 2 is 2.26 bits per heavy atom. The van der Waals surface area contributed by atoms with Crippen LogP contribution in [0.2, 0.25) is 0 Å². The number of nitrogens with zero attached hydrogens (tertiary/aromatic N) is 2. The average molecular weight is 316 g/mol. The summed E-state index contributed by atoms with van der Waals surface area (Å²) in [5.41, 5.74) is 2.65. The second kappa shape index (κ2) is 8.48. The molecule has 2 aromatic rings. The molecule has 0 saturated heterocycles. The highest BCUT2D eigenvalue weighted by Gasteiger charge is 2.12. The molecule has 0 saturated carbocycles. The van der Waals surface area contributed by atoms with E-state index in [-0.39, 0.29) is 5.97 Å². The lowest BCUT2D eigenvalue weighted by molar-refractivity contribution is -0.143. The largest absolute Gasteiger partial charge is 0.466 e. The first-order valence-corrected chi connectivity index (χ1v) is 8.08. The molecule has 0 aliphatic carbocycles. The SMILES string of the molecule is CCCCOC(=O)CCc1ccc(-n2cccn2)c(C(C)O)c1. The van der Waals surface area contributed by atoms with Gasteiger partial charge in [0.05, 0.1) is 18.4 Å². The fourth-order valence-electron chi connectivity index (χ4n) is 2.36. The van der Waals surface area contributed by atoms with Crippen LogP contribution in [0.3, 0.4) is 0 Å². The zero-order valence-electron chi connectivity index (χ0n) is 13.7. The van der Waals surface area contributed by atoms with Gasteiger partial charge >= 0.3 is 5.97 Å². The summed E-state index contributed by atoms with van der Waals surface area (Å²) in [6, 6.07) is 7.65. The second-order valence-corrected chi connectivity index (χ2v) is 5.59. The van der Waals surface area contributed by atoms with Gasteiger partial charge < -0.3 is 9.84 Å². The quantitative estimate of drug-likeness (QED) is 0.600. The van der Waals surface area contributed by atoms with Crippen LogP contribution in [0.4, 0.5) is 0 Å². The van der Waals surface area contributed by atoms with Crippen molar-refractivity contribution in [1.29, 1.82) is 0 Å². The molecule has 0 aliphatic heterocycles. The third-order valence-corrected chi connectivity index (χ3v) is 3.67. The number of ether oxygens (including phenoxy) is 1. The van der Waals surface area contributed by atoms with Crippen LogP contribution in [0.5, 0.6) is 0 Å². The van der Waals surface area contributed by atoms with Crippen molar-refractivity contribution in [2.24, 2.45) is 0 Å². The minimum Gasteiger partial charge on any atom is -0.466 e.